The summed E-state index contributed by atoms with van der Waals surface area (Å²) in [5, 5.41) is 3.29. The summed E-state index contributed by atoms with van der Waals surface area (Å²) in [6.45, 7) is 2.52. The number of halogens is 1. The van der Waals surface area contributed by atoms with Crippen molar-refractivity contribution < 1.29 is 4.39 Å². The van der Waals surface area contributed by atoms with Crippen molar-refractivity contribution in [2.24, 2.45) is 0 Å². The molecule has 2 rings (SSSR count). The van der Waals surface area contributed by atoms with Crippen molar-refractivity contribution in [3.63, 3.8) is 0 Å². The SMILES string of the molecule is CSc1ccc(CNc2ccc(F)c(C)c2)cc1. The van der Waals surface area contributed by atoms with Crippen LogP contribution in [-0.2, 0) is 6.54 Å². The predicted molar refractivity (Wildman–Crippen MR) is 76.7 cm³/mol. The van der Waals surface area contributed by atoms with Crippen molar-refractivity contribution in [2.75, 3.05) is 11.6 Å². The number of anilines is 1. The van der Waals surface area contributed by atoms with Crippen LogP contribution in [0, 0.1) is 12.7 Å². The fourth-order valence-electron chi connectivity index (χ4n) is 1.70. The lowest BCUT2D eigenvalue weighted by atomic mass is 10.2. The molecule has 0 bridgehead atoms. The Kier molecular flexibility index (Phi) is 4.26. The van der Waals surface area contributed by atoms with Crippen LogP contribution in [0.5, 0.6) is 0 Å². The Morgan fingerprint density at radius 1 is 1.11 bits per heavy atom. The molecule has 0 aliphatic heterocycles. The Hall–Kier alpha value is -1.48. The van der Waals surface area contributed by atoms with E-state index in [0.717, 1.165) is 12.2 Å². The van der Waals surface area contributed by atoms with Gasteiger partial charge in [-0.2, -0.15) is 0 Å². The van der Waals surface area contributed by atoms with Gasteiger partial charge >= 0.3 is 0 Å². The average molecular weight is 261 g/mol. The lowest BCUT2D eigenvalue weighted by Gasteiger charge is -2.08. The highest BCUT2D eigenvalue weighted by Crippen LogP contribution is 2.17. The van der Waals surface area contributed by atoms with Gasteiger partial charge in [0.1, 0.15) is 5.82 Å². The van der Waals surface area contributed by atoms with Crippen molar-refractivity contribution in [1.29, 1.82) is 0 Å². The van der Waals surface area contributed by atoms with E-state index in [1.807, 2.05) is 6.07 Å². The van der Waals surface area contributed by atoms with Crippen molar-refractivity contribution in [2.45, 2.75) is 18.4 Å². The topological polar surface area (TPSA) is 12.0 Å². The Labute approximate surface area is 111 Å². The van der Waals surface area contributed by atoms with E-state index in [2.05, 4.69) is 35.8 Å². The monoisotopic (exact) mass is 261 g/mol. The van der Waals surface area contributed by atoms with Crippen LogP contribution in [0.2, 0.25) is 0 Å². The van der Waals surface area contributed by atoms with Gasteiger partial charge in [-0.05, 0) is 54.6 Å². The van der Waals surface area contributed by atoms with Crippen molar-refractivity contribution >= 4 is 17.4 Å². The van der Waals surface area contributed by atoms with Crippen molar-refractivity contribution in [3.05, 3.63) is 59.4 Å². The highest BCUT2D eigenvalue weighted by Gasteiger charge is 1.99. The minimum Gasteiger partial charge on any atom is -0.381 e. The molecule has 0 aromatic heterocycles. The van der Waals surface area contributed by atoms with E-state index in [9.17, 15) is 4.39 Å². The summed E-state index contributed by atoms with van der Waals surface area (Å²) < 4.78 is 13.1. The van der Waals surface area contributed by atoms with E-state index in [0.29, 0.717) is 5.56 Å². The van der Waals surface area contributed by atoms with E-state index in [4.69, 9.17) is 0 Å². The Morgan fingerprint density at radius 3 is 2.44 bits per heavy atom. The molecule has 0 aliphatic rings. The molecule has 2 aromatic carbocycles. The summed E-state index contributed by atoms with van der Waals surface area (Å²) in [5.74, 6) is -0.162. The second-order valence-corrected chi connectivity index (χ2v) is 5.05. The molecule has 0 spiro atoms. The zero-order chi connectivity index (χ0) is 13.0. The van der Waals surface area contributed by atoms with Gasteiger partial charge in [-0.25, -0.2) is 4.39 Å². The van der Waals surface area contributed by atoms with Crippen LogP contribution in [-0.4, -0.2) is 6.26 Å². The van der Waals surface area contributed by atoms with Crippen molar-refractivity contribution in [3.8, 4) is 0 Å². The Morgan fingerprint density at radius 2 is 1.83 bits per heavy atom. The molecule has 0 heterocycles. The van der Waals surface area contributed by atoms with Gasteiger partial charge in [0.15, 0.2) is 0 Å². The van der Waals surface area contributed by atoms with E-state index in [1.165, 1.54) is 16.5 Å². The third kappa shape index (κ3) is 3.26. The van der Waals surface area contributed by atoms with Crippen LogP contribution < -0.4 is 5.32 Å². The normalized spacial score (nSPS) is 10.4. The molecule has 18 heavy (non-hydrogen) atoms. The van der Waals surface area contributed by atoms with E-state index >= 15 is 0 Å². The first-order valence-electron chi connectivity index (χ1n) is 5.82. The highest BCUT2D eigenvalue weighted by molar-refractivity contribution is 7.98. The maximum Gasteiger partial charge on any atom is 0.126 e. The van der Waals surface area contributed by atoms with Gasteiger partial charge in [0.05, 0.1) is 0 Å². The quantitative estimate of drug-likeness (QED) is 0.815. The molecule has 1 nitrogen and oxygen atoms in total. The number of rotatable bonds is 4. The molecule has 0 aliphatic carbocycles. The number of benzene rings is 2. The number of hydrogen-bond acceptors (Lipinski definition) is 2. The molecular weight excluding hydrogens is 245 g/mol. The van der Waals surface area contributed by atoms with Gasteiger partial charge in [0, 0.05) is 17.1 Å². The zero-order valence-electron chi connectivity index (χ0n) is 10.5. The zero-order valence-corrected chi connectivity index (χ0v) is 11.4. The van der Waals surface area contributed by atoms with Crippen LogP contribution in [0.4, 0.5) is 10.1 Å². The number of thioether (sulfide) groups is 1. The second-order valence-electron chi connectivity index (χ2n) is 4.17. The molecule has 0 saturated carbocycles. The summed E-state index contributed by atoms with van der Waals surface area (Å²) in [7, 11) is 0. The summed E-state index contributed by atoms with van der Waals surface area (Å²) >= 11 is 1.73. The largest absolute Gasteiger partial charge is 0.381 e. The summed E-state index contributed by atoms with van der Waals surface area (Å²) in [6, 6.07) is 13.5. The molecule has 1 N–H and O–H groups in total. The van der Waals surface area contributed by atoms with Crippen LogP contribution in [0.1, 0.15) is 11.1 Å². The molecule has 0 atom stereocenters. The number of aryl methyl sites for hydroxylation is 1. The lowest BCUT2D eigenvalue weighted by Crippen LogP contribution is -1.99. The van der Waals surface area contributed by atoms with Crippen LogP contribution in [0.15, 0.2) is 47.4 Å². The first-order chi connectivity index (χ1) is 8.69. The van der Waals surface area contributed by atoms with E-state index < -0.39 is 0 Å². The van der Waals surface area contributed by atoms with Crippen LogP contribution in [0.3, 0.4) is 0 Å². The Balaban J connectivity index is 1.99. The van der Waals surface area contributed by atoms with Gasteiger partial charge in [-0.15, -0.1) is 11.8 Å². The van der Waals surface area contributed by atoms with E-state index in [-0.39, 0.29) is 5.82 Å². The molecule has 3 heteroatoms. The molecule has 0 radical (unpaired) electrons. The molecule has 2 aromatic rings. The third-order valence-corrected chi connectivity index (χ3v) is 3.56. The summed E-state index contributed by atoms with van der Waals surface area (Å²) in [5.41, 5.74) is 2.83. The first-order valence-corrected chi connectivity index (χ1v) is 7.04. The third-order valence-electron chi connectivity index (χ3n) is 2.81. The minimum absolute atomic E-state index is 0.162. The van der Waals surface area contributed by atoms with Gasteiger partial charge in [-0.3, -0.25) is 0 Å². The first kappa shape index (κ1) is 13.0. The summed E-state index contributed by atoms with van der Waals surface area (Å²) in [6.07, 6.45) is 2.06. The molecule has 0 amide bonds. The molecule has 0 fully saturated rings. The van der Waals surface area contributed by atoms with E-state index in [1.54, 1.807) is 24.8 Å². The smallest absolute Gasteiger partial charge is 0.126 e. The highest BCUT2D eigenvalue weighted by atomic mass is 32.2. The minimum atomic E-state index is -0.162. The fraction of sp³-hybridized carbons (Fsp3) is 0.200. The second kappa shape index (κ2) is 5.91. The van der Waals surface area contributed by atoms with Gasteiger partial charge in [-0.1, -0.05) is 12.1 Å². The Bertz CT molecular complexity index is 523. The van der Waals surface area contributed by atoms with Crippen molar-refractivity contribution in [1.82, 2.24) is 0 Å². The summed E-state index contributed by atoms with van der Waals surface area (Å²) in [4.78, 5) is 1.26. The maximum atomic E-state index is 13.1. The lowest BCUT2D eigenvalue weighted by molar-refractivity contribution is 0.618. The predicted octanol–water partition coefficient (Wildman–Crippen LogP) is 4.47. The van der Waals surface area contributed by atoms with Gasteiger partial charge in [0.2, 0.25) is 0 Å². The standard InChI is InChI=1S/C15H16FNS/c1-11-9-13(5-8-15(11)16)17-10-12-3-6-14(18-2)7-4-12/h3-9,17H,10H2,1-2H3. The molecule has 94 valence electrons. The van der Waals surface area contributed by atoms with Crippen LogP contribution in [0.25, 0.3) is 0 Å². The van der Waals surface area contributed by atoms with Gasteiger partial charge < -0.3 is 5.32 Å². The average Bonchev–Trinajstić information content (AvgIpc) is 2.41. The maximum absolute atomic E-state index is 13.1. The van der Waals surface area contributed by atoms with Gasteiger partial charge in [0.25, 0.3) is 0 Å². The molecular formula is C15H16FNS. The number of hydrogen-bond donors (Lipinski definition) is 1. The van der Waals surface area contributed by atoms with Crippen LogP contribution >= 0.6 is 11.8 Å². The number of nitrogens with one attached hydrogen (secondary N) is 1. The molecule has 0 saturated heterocycles. The fourth-order valence-corrected chi connectivity index (χ4v) is 2.11. The molecule has 0 unspecified atom stereocenters.